The number of carbonyl (C=O) groups excluding carboxylic acids is 1. The first-order chi connectivity index (χ1) is 7.36. The molecule has 0 aliphatic carbocycles. The Morgan fingerprint density at radius 2 is 1.81 bits per heavy atom. The van der Waals surface area contributed by atoms with E-state index in [9.17, 15) is 13.6 Å². The molecule has 0 aliphatic heterocycles. The van der Waals surface area contributed by atoms with Gasteiger partial charge in [-0.1, -0.05) is 13.0 Å². The first-order valence-electron chi connectivity index (χ1n) is 5.10. The average molecular weight is 227 g/mol. The van der Waals surface area contributed by atoms with Gasteiger partial charge in [-0.15, -0.1) is 0 Å². The van der Waals surface area contributed by atoms with Crippen molar-refractivity contribution in [2.24, 2.45) is 11.7 Å². The Morgan fingerprint density at radius 1 is 1.25 bits per heavy atom. The van der Waals surface area contributed by atoms with E-state index in [0.717, 1.165) is 0 Å². The largest absolute Gasteiger partial charge is 0.327 e. The third-order valence-corrected chi connectivity index (χ3v) is 2.74. The number of carbonyl (C=O) groups is 1. The zero-order valence-corrected chi connectivity index (χ0v) is 9.55. The maximum atomic E-state index is 13.5. The summed E-state index contributed by atoms with van der Waals surface area (Å²) in [7, 11) is 0. The second kappa shape index (κ2) is 4.70. The minimum atomic E-state index is -1.09. The van der Waals surface area contributed by atoms with Crippen molar-refractivity contribution in [3.05, 3.63) is 34.9 Å². The van der Waals surface area contributed by atoms with Crippen LogP contribution in [0.4, 0.5) is 8.78 Å². The van der Waals surface area contributed by atoms with Gasteiger partial charge in [0.25, 0.3) is 0 Å². The number of rotatable bonds is 3. The second-order valence-electron chi connectivity index (χ2n) is 4.07. The maximum Gasteiger partial charge on any atom is 0.170 e. The molecule has 0 saturated heterocycles. The summed E-state index contributed by atoms with van der Waals surface area (Å²) in [6, 6.07) is 2.30. The van der Waals surface area contributed by atoms with E-state index >= 15 is 0 Å². The molecule has 16 heavy (non-hydrogen) atoms. The van der Waals surface area contributed by atoms with Crippen LogP contribution < -0.4 is 5.73 Å². The summed E-state index contributed by atoms with van der Waals surface area (Å²) in [5.41, 5.74) is 5.51. The Bertz CT molecular complexity index is 416. The molecule has 2 atom stereocenters. The molecule has 2 unspecified atom stereocenters. The number of halogens is 2. The highest BCUT2D eigenvalue weighted by atomic mass is 19.2. The maximum absolute atomic E-state index is 13.5. The first-order valence-corrected chi connectivity index (χ1v) is 5.10. The van der Waals surface area contributed by atoms with Crippen LogP contribution in [0.5, 0.6) is 0 Å². The zero-order chi connectivity index (χ0) is 12.5. The van der Waals surface area contributed by atoms with Gasteiger partial charge < -0.3 is 5.73 Å². The summed E-state index contributed by atoms with van der Waals surface area (Å²) in [5, 5.41) is 0. The van der Waals surface area contributed by atoms with Crippen LogP contribution in [0.3, 0.4) is 0 Å². The lowest BCUT2D eigenvalue weighted by molar-refractivity contribution is 0.0912. The van der Waals surface area contributed by atoms with Gasteiger partial charge in [-0.05, 0) is 25.5 Å². The minimum Gasteiger partial charge on any atom is -0.327 e. The van der Waals surface area contributed by atoms with Crippen molar-refractivity contribution in [1.29, 1.82) is 0 Å². The lowest BCUT2D eigenvalue weighted by atomic mass is 9.93. The lowest BCUT2D eigenvalue weighted by Crippen LogP contribution is -2.31. The summed E-state index contributed by atoms with van der Waals surface area (Å²) in [6.07, 6.45) is 0. The normalized spacial score (nSPS) is 14.6. The highest BCUT2D eigenvalue weighted by Crippen LogP contribution is 2.19. The summed E-state index contributed by atoms with van der Waals surface area (Å²) < 4.78 is 26.8. The number of ketones is 1. The van der Waals surface area contributed by atoms with Gasteiger partial charge in [-0.25, -0.2) is 8.78 Å². The van der Waals surface area contributed by atoms with Gasteiger partial charge in [-0.2, -0.15) is 0 Å². The fourth-order valence-corrected chi connectivity index (χ4v) is 1.32. The Balaban J connectivity index is 3.15. The fourth-order valence-electron chi connectivity index (χ4n) is 1.32. The molecule has 1 rings (SSSR count). The number of aryl methyl sites for hydroxylation is 1. The number of Topliss-reactive ketones (excluding diaryl/α,β-unsaturated/α-hetero) is 1. The molecule has 0 heterocycles. The van der Waals surface area contributed by atoms with Crippen LogP contribution in [0.1, 0.15) is 29.8 Å². The molecule has 0 aromatic heterocycles. The van der Waals surface area contributed by atoms with Crippen LogP contribution in [0, 0.1) is 24.5 Å². The zero-order valence-electron chi connectivity index (χ0n) is 9.55. The SMILES string of the molecule is Cc1ccc(C(=O)C(C)C(C)N)c(F)c1F. The van der Waals surface area contributed by atoms with E-state index in [2.05, 4.69) is 0 Å². The number of hydrogen-bond donors (Lipinski definition) is 1. The molecule has 88 valence electrons. The molecule has 0 spiro atoms. The van der Waals surface area contributed by atoms with Crippen molar-refractivity contribution < 1.29 is 13.6 Å². The van der Waals surface area contributed by atoms with E-state index in [1.54, 1.807) is 13.8 Å². The van der Waals surface area contributed by atoms with Crippen molar-refractivity contribution in [3.8, 4) is 0 Å². The van der Waals surface area contributed by atoms with Crippen LogP contribution in [-0.2, 0) is 0 Å². The molecule has 2 N–H and O–H groups in total. The Kier molecular flexibility index (Phi) is 3.75. The number of hydrogen-bond acceptors (Lipinski definition) is 2. The summed E-state index contributed by atoms with van der Waals surface area (Å²) in [5.74, 6) is -3.05. The van der Waals surface area contributed by atoms with Gasteiger partial charge in [0.1, 0.15) is 0 Å². The van der Waals surface area contributed by atoms with Gasteiger partial charge in [0.2, 0.25) is 0 Å². The predicted molar refractivity (Wildman–Crippen MR) is 58.2 cm³/mol. The van der Waals surface area contributed by atoms with Crippen molar-refractivity contribution in [2.75, 3.05) is 0 Å². The van der Waals surface area contributed by atoms with Gasteiger partial charge in [-0.3, -0.25) is 4.79 Å². The van der Waals surface area contributed by atoms with Crippen LogP contribution in [0.25, 0.3) is 0 Å². The topological polar surface area (TPSA) is 43.1 Å². The van der Waals surface area contributed by atoms with Crippen molar-refractivity contribution in [3.63, 3.8) is 0 Å². The molecule has 1 aromatic rings. The van der Waals surface area contributed by atoms with E-state index in [1.165, 1.54) is 19.1 Å². The lowest BCUT2D eigenvalue weighted by Gasteiger charge is -2.15. The molecule has 2 nitrogen and oxygen atoms in total. The third kappa shape index (κ3) is 2.27. The number of benzene rings is 1. The van der Waals surface area contributed by atoms with E-state index < -0.39 is 29.4 Å². The summed E-state index contributed by atoms with van der Waals surface area (Å²) in [6.45, 7) is 4.71. The van der Waals surface area contributed by atoms with E-state index in [1.807, 2.05) is 0 Å². The standard InChI is InChI=1S/C12H15F2NO/c1-6-4-5-9(11(14)10(6)13)12(16)7(2)8(3)15/h4-5,7-8H,15H2,1-3H3. The predicted octanol–water partition coefficient (Wildman–Crippen LogP) is 2.44. The molecule has 0 radical (unpaired) electrons. The quantitative estimate of drug-likeness (QED) is 0.806. The van der Waals surface area contributed by atoms with Gasteiger partial charge in [0.15, 0.2) is 17.4 Å². The molecule has 0 saturated carbocycles. The Hall–Kier alpha value is -1.29. The molecule has 0 bridgehead atoms. The highest BCUT2D eigenvalue weighted by molar-refractivity contribution is 5.98. The summed E-state index contributed by atoms with van der Waals surface area (Å²) in [4.78, 5) is 11.8. The van der Waals surface area contributed by atoms with Crippen LogP contribution in [-0.4, -0.2) is 11.8 Å². The summed E-state index contributed by atoms with van der Waals surface area (Å²) >= 11 is 0. The van der Waals surface area contributed by atoms with Crippen molar-refractivity contribution in [2.45, 2.75) is 26.8 Å². The smallest absolute Gasteiger partial charge is 0.170 e. The first kappa shape index (κ1) is 12.8. The van der Waals surface area contributed by atoms with E-state index in [-0.39, 0.29) is 11.1 Å². The molecule has 1 aromatic carbocycles. The van der Waals surface area contributed by atoms with E-state index in [0.29, 0.717) is 0 Å². The fraction of sp³-hybridized carbons (Fsp3) is 0.417. The Morgan fingerprint density at radius 3 is 2.31 bits per heavy atom. The molecule has 0 aliphatic rings. The molecule has 0 amide bonds. The Labute approximate surface area is 93.5 Å². The third-order valence-electron chi connectivity index (χ3n) is 2.74. The molecule has 0 fully saturated rings. The molecular formula is C12H15F2NO. The second-order valence-corrected chi connectivity index (χ2v) is 4.07. The molecular weight excluding hydrogens is 212 g/mol. The van der Waals surface area contributed by atoms with Gasteiger partial charge >= 0.3 is 0 Å². The molecule has 4 heteroatoms. The van der Waals surface area contributed by atoms with Crippen LogP contribution in [0.2, 0.25) is 0 Å². The van der Waals surface area contributed by atoms with Crippen LogP contribution >= 0.6 is 0 Å². The van der Waals surface area contributed by atoms with E-state index in [4.69, 9.17) is 5.73 Å². The number of nitrogens with two attached hydrogens (primary N) is 1. The monoisotopic (exact) mass is 227 g/mol. The highest BCUT2D eigenvalue weighted by Gasteiger charge is 2.23. The van der Waals surface area contributed by atoms with Gasteiger partial charge in [0.05, 0.1) is 5.56 Å². The van der Waals surface area contributed by atoms with Crippen LogP contribution in [0.15, 0.2) is 12.1 Å². The van der Waals surface area contributed by atoms with Crippen molar-refractivity contribution >= 4 is 5.78 Å². The minimum absolute atomic E-state index is 0.183. The van der Waals surface area contributed by atoms with Crippen molar-refractivity contribution in [1.82, 2.24) is 0 Å². The van der Waals surface area contributed by atoms with Gasteiger partial charge in [0, 0.05) is 12.0 Å². The average Bonchev–Trinajstić information content (AvgIpc) is 2.24.